The van der Waals surface area contributed by atoms with E-state index in [4.69, 9.17) is 9.79 Å². The molecule has 0 aliphatic carbocycles. The summed E-state index contributed by atoms with van der Waals surface area (Å²) >= 11 is 0. The maximum absolute atomic E-state index is 13.0. The Kier molecular flexibility index (Phi) is 5.03. The minimum Gasteiger partial charge on any atom is -0.324 e. The van der Waals surface area contributed by atoms with Crippen LogP contribution in [0, 0.1) is 5.92 Å². The van der Waals surface area contributed by atoms with Gasteiger partial charge in [-0.25, -0.2) is 0 Å². The van der Waals surface area contributed by atoms with Gasteiger partial charge in [0.2, 0.25) is 5.78 Å². The fraction of sp³-hybridized carbons (Fsp3) is 0.875. The van der Waals surface area contributed by atoms with Crippen molar-refractivity contribution in [3.05, 3.63) is 0 Å². The summed E-state index contributed by atoms with van der Waals surface area (Å²) < 4.78 is 36.4. The van der Waals surface area contributed by atoms with Crippen molar-refractivity contribution in [3.8, 4) is 0 Å². The van der Waals surface area contributed by atoms with E-state index in [1.165, 1.54) is 0 Å². The number of halogens is 2. The molecule has 2 N–H and O–H groups in total. The summed E-state index contributed by atoms with van der Waals surface area (Å²) in [6.07, 6.45) is -1.92. The van der Waals surface area contributed by atoms with Gasteiger partial charge in [-0.15, -0.1) is 0 Å². The molecule has 90 valence electrons. The lowest BCUT2D eigenvalue weighted by Gasteiger charge is -2.16. The molecule has 0 aromatic heterocycles. The normalized spacial score (nSPS) is 13.3. The van der Waals surface area contributed by atoms with Crippen LogP contribution in [0.5, 0.6) is 0 Å². The number of ketones is 1. The number of rotatable bonds is 6. The van der Waals surface area contributed by atoms with Gasteiger partial charge in [-0.2, -0.15) is 8.78 Å². The van der Waals surface area contributed by atoms with Gasteiger partial charge in [-0.05, 0) is 12.3 Å². The second-order valence-electron chi connectivity index (χ2n) is 3.88. The third-order valence-corrected chi connectivity index (χ3v) is 2.49. The average molecular weight is 244 g/mol. The third-order valence-electron chi connectivity index (χ3n) is 1.79. The van der Waals surface area contributed by atoms with Crippen LogP contribution in [0.2, 0.25) is 0 Å². The minimum atomic E-state index is -4.70. The average Bonchev–Trinajstić information content (AvgIpc) is 1.97. The van der Waals surface area contributed by atoms with Crippen LogP contribution in [0.3, 0.4) is 0 Å². The molecule has 0 bridgehead atoms. The summed E-state index contributed by atoms with van der Waals surface area (Å²) in [4.78, 5) is 27.6. The Balaban J connectivity index is 4.33. The first kappa shape index (κ1) is 14.7. The monoisotopic (exact) mass is 244 g/mol. The van der Waals surface area contributed by atoms with Crippen molar-refractivity contribution in [1.29, 1.82) is 0 Å². The Morgan fingerprint density at radius 2 is 1.87 bits per heavy atom. The molecule has 0 fully saturated rings. The summed E-state index contributed by atoms with van der Waals surface area (Å²) in [5.41, 5.74) is 0. The summed E-state index contributed by atoms with van der Waals surface area (Å²) in [5, 5.41) is 0. The summed E-state index contributed by atoms with van der Waals surface area (Å²) in [5.74, 6) is -5.30. The molecule has 0 unspecified atom stereocenters. The molecule has 0 radical (unpaired) electrons. The molecule has 0 amide bonds. The van der Waals surface area contributed by atoms with Gasteiger partial charge in [0.1, 0.15) is 6.16 Å². The van der Waals surface area contributed by atoms with Gasteiger partial charge in [0.15, 0.2) is 0 Å². The maximum atomic E-state index is 13.0. The highest BCUT2D eigenvalue weighted by Crippen LogP contribution is 2.37. The SMILES string of the molecule is CC(C)CCC(F)(F)C(=O)CP(=O)(O)O. The molecule has 0 atom stereocenters. The summed E-state index contributed by atoms with van der Waals surface area (Å²) in [6, 6.07) is 0. The predicted octanol–water partition coefficient (Wildman–Crippen LogP) is 1.80. The number of hydrogen-bond donors (Lipinski definition) is 2. The van der Waals surface area contributed by atoms with Gasteiger partial charge in [0.05, 0.1) is 0 Å². The summed E-state index contributed by atoms with van der Waals surface area (Å²) in [7, 11) is -4.70. The second kappa shape index (κ2) is 5.14. The molecule has 0 aromatic rings. The summed E-state index contributed by atoms with van der Waals surface area (Å²) in [6.45, 7) is 3.45. The van der Waals surface area contributed by atoms with E-state index >= 15 is 0 Å². The lowest BCUT2D eigenvalue weighted by molar-refractivity contribution is -0.141. The molecule has 0 rings (SSSR count). The van der Waals surface area contributed by atoms with E-state index in [2.05, 4.69) is 0 Å². The third kappa shape index (κ3) is 6.71. The van der Waals surface area contributed by atoms with E-state index in [-0.39, 0.29) is 12.3 Å². The molecular weight excluding hydrogens is 229 g/mol. The van der Waals surface area contributed by atoms with Gasteiger partial charge in [0, 0.05) is 6.42 Å². The van der Waals surface area contributed by atoms with Gasteiger partial charge < -0.3 is 9.79 Å². The van der Waals surface area contributed by atoms with Crippen molar-refractivity contribution >= 4 is 13.4 Å². The molecule has 0 heterocycles. The number of carbonyl (C=O) groups is 1. The van der Waals surface area contributed by atoms with Gasteiger partial charge in [-0.1, -0.05) is 13.8 Å². The van der Waals surface area contributed by atoms with E-state index in [1.54, 1.807) is 13.8 Å². The zero-order chi connectivity index (χ0) is 12.3. The number of Topliss-reactive ketones (excluding diaryl/α,β-unsaturated/α-hetero) is 1. The second-order valence-corrected chi connectivity index (χ2v) is 5.53. The first-order chi connectivity index (χ1) is 6.54. The van der Waals surface area contributed by atoms with Crippen LogP contribution in [0.4, 0.5) is 8.78 Å². The van der Waals surface area contributed by atoms with Gasteiger partial charge in [0.25, 0.3) is 0 Å². The van der Waals surface area contributed by atoms with E-state index in [0.29, 0.717) is 0 Å². The Morgan fingerprint density at radius 3 is 2.20 bits per heavy atom. The molecular formula is C8H15F2O4P. The Bertz CT molecular complexity index is 272. The highest BCUT2D eigenvalue weighted by Gasteiger charge is 2.40. The molecule has 15 heavy (non-hydrogen) atoms. The fourth-order valence-electron chi connectivity index (χ4n) is 0.912. The number of hydrogen-bond acceptors (Lipinski definition) is 2. The van der Waals surface area contributed by atoms with Gasteiger partial charge in [-0.3, -0.25) is 9.36 Å². The first-order valence-electron chi connectivity index (χ1n) is 4.50. The molecule has 0 aliphatic heterocycles. The van der Waals surface area contributed by atoms with Crippen LogP contribution < -0.4 is 0 Å². The lowest BCUT2D eigenvalue weighted by Crippen LogP contribution is -2.31. The van der Waals surface area contributed by atoms with E-state index in [9.17, 15) is 18.1 Å². The van der Waals surface area contributed by atoms with E-state index < -0.39 is 31.9 Å². The molecule has 7 heteroatoms. The van der Waals surface area contributed by atoms with Crippen LogP contribution >= 0.6 is 7.60 Å². The Labute approximate surface area is 86.8 Å². The maximum Gasteiger partial charge on any atom is 0.333 e. The van der Waals surface area contributed by atoms with Crippen molar-refractivity contribution in [2.75, 3.05) is 6.16 Å². The van der Waals surface area contributed by atoms with Crippen LogP contribution in [-0.4, -0.2) is 27.7 Å². The highest BCUT2D eigenvalue weighted by atomic mass is 31.2. The van der Waals surface area contributed by atoms with Crippen LogP contribution in [0.1, 0.15) is 26.7 Å². The van der Waals surface area contributed by atoms with Gasteiger partial charge >= 0.3 is 13.5 Å². The zero-order valence-electron chi connectivity index (χ0n) is 8.61. The predicted molar refractivity (Wildman–Crippen MR) is 50.9 cm³/mol. The smallest absolute Gasteiger partial charge is 0.324 e. The van der Waals surface area contributed by atoms with Crippen molar-refractivity contribution < 1.29 is 27.9 Å². The Morgan fingerprint density at radius 1 is 1.40 bits per heavy atom. The van der Waals surface area contributed by atoms with E-state index in [0.717, 1.165) is 0 Å². The van der Waals surface area contributed by atoms with Crippen LogP contribution in [0.15, 0.2) is 0 Å². The first-order valence-corrected chi connectivity index (χ1v) is 6.30. The van der Waals surface area contributed by atoms with E-state index in [1.807, 2.05) is 0 Å². The molecule has 0 spiro atoms. The highest BCUT2D eigenvalue weighted by molar-refractivity contribution is 7.52. The van der Waals surface area contributed by atoms with Crippen LogP contribution in [-0.2, 0) is 9.36 Å². The zero-order valence-corrected chi connectivity index (χ0v) is 9.51. The number of alkyl halides is 2. The van der Waals surface area contributed by atoms with Crippen LogP contribution in [0.25, 0.3) is 0 Å². The molecule has 4 nitrogen and oxygen atoms in total. The van der Waals surface area contributed by atoms with Crippen molar-refractivity contribution in [2.24, 2.45) is 5.92 Å². The van der Waals surface area contributed by atoms with Crippen molar-refractivity contribution in [3.63, 3.8) is 0 Å². The Hall–Kier alpha value is -0.320. The number of carbonyl (C=O) groups excluding carboxylic acids is 1. The minimum absolute atomic E-state index is 0.0127. The van der Waals surface area contributed by atoms with Crippen molar-refractivity contribution in [1.82, 2.24) is 0 Å². The molecule has 0 saturated carbocycles. The molecule has 0 saturated heterocycles. The van der Waals surface area contributed by atoms with Crippen molar-refractivity contribution in [2.45, 2.75) is 32.6 Å². The topological polar surface area (TPSA) is 74.6 Å². The standard InChI is InChI=1S/C8H15F2O4P/c1-6(2)3-4-8(9,10)7(11)5-15(12,13)14/h6H,3-5H2,1-2H3,(H2,12,13,14). The quantitative estimate of drug-likeness (QED) is 0.698. The fourth-order valence-corrected chi connectivity index (χ4v) is 1.52. The molecule has 0 aliphatic rings. The molecule has 0 aromatic carbocycles. The lowest BCUT2D eigenvalue weighted by atomic mass is 10.0. The largest absolute Gasteiger partial charge is 0.333 e.